The van der Waals surface area contributed by atoms with Crippen LogP contribution in [-0.4, -0.2) is 33.1 Å². The van der Waals surface area contributed by atoms with Gasteiger partial charge >= 0.3 is 11.7 Å². The monoisotopic (exact) mass is 291 g/mol. The highest BCUT2D eigenvalue weighted by Crippen LogP contribution is 2.17. The third kappa shape index (κ3) is 2.81. The molecule has 1 amide bonds. The van der Waals surface area contributed by atoms with Crippen molar-refractivity contribution in [1.82, 2.24) is 14.9 Å². The number of aromatic nitrogens is 2. The zero-order valence-corrected chi connectivity index (χ0v) is 11.8. The lowest BCUT2D eigenvalue weighted by Crippen LogP contribution is -2.35. The van der Waals surface area contributed by atoms with E-state index in [4.69, 9.17) is 5.11 Å². The summed E-state index contributed by atoms with van der Waals surface area (Å²) >= 11 is 0. The smallest absolute Gasteiger partial charge is 0.335 e. The second-order valence-electron chi connectivity index (χ2n) is 4.80. The number of carboxylic acid groups (broad SMARTS) is 1. The maximum absolute atomic E-state index is 12.0. The fourth-order valence-corrected chi connectivity index (χ4v) is 2.16. The van der Waals surface area contributed by atoms with Crippen LogP contribution < -0.4 is 11.0 Å². The predicted octanol–water partition coefficient (Wildman–Crippen LogP) is 1.11. The molecule has 0 bridgehead atoms. The molecule has 0 radical (unpaired) electrons. The van der Waals surface area contributed by atoms with Crippen LogP contribution in [0.25, 0.3) is 11.0 Å². The molecular formula is C14H17N3O4. The highest BCUT2D eigenvalue weighted by molar-refractivity contribution is 5.92. The standard InChI is InChI=1S/C14H17N3O4/c1-3-6-15-12(18)8(2)17-11-5-4-9(13(19)20)7-10(11)16-14(17)21/h4-5,7-8H,3,6H2,1-2H3,(H,15,18)(H,16,21)(H,19,20). The first-order chi connectivity index (χ1) is 9.95. The topological polar surface area (TPSA) is 104 Å². The fourth-order valence-electron chi connectivity index (χ4n) is 2.16. The molecule has 0 aliphatic rings. The van der Waals surface area contributed by atoms with E-state index in [1.165, 1.54) is 22.8 Å². The van der Waals surface area contributed by atoms with Crippen molar-refractivity contribution in [2.24, 2.45) is 0 Å². The molecule has 1 aromatic carbocycles. The molecular weight excluding hydrogens is 274 g/mol. The number of fused-ring (bicyclic) bond motifs is 1. The lowest BCUT2D eigenvalue weighted by Gasteiger charge is -2.13. The molecule has 1 unspecified atom stereocenters. The largest absolute Gasteiger partial charge is 0.478 e. The number of carbonyl (C=O) groups is 2. The molecule has 21 heavy (non-hydrogen) atoms. The number of imidazole rings is 1. The van der Waals surface area contributed by atoms with Crippen LogP contribution in [0.1, 0.15) is 36.7 Å². The van der Waals surface area contributed by atoms with Gasteiger partial charge in [0, 0.05) is 6.54 Å². The van der Waals surface area contributed by atoms with Crippen molar-refractivity contribution in [3.05, 3.63) is 34.2 Å². The Balaban J connectivity index is 2.44. The van der Waals surface area contributed by atoms with Gasteiger partial charge in [-0.2, -0.15) is 0 Å². The van der Waals surface area contributed by atoms with Gasteiger partial charge < -0.3 is 15.4 Å². The van der Waals surface area contributed by atoms with Crippen molar-refractivity contribution in [2.45, 2.75) is 26.3 Å². The summed E-state index contributed by atoms with van der Waals surface area (Å²) in [6, 6.07) is 3.64. The Morgan fingerprint density at radius 1 is 1.43 bits per heavy atom. The number of aromatic amines is 1. The number of aromatic carboxylic acids is 1. The molecule has 1 atom stereocenters. The number of hydrogen-bond acceptors (Lipinski definition) is 3. The molecule has 7 nitrogen and oxygen atoms in total. The number of hydrogen-bond donors (Lipinski definition) is 3. The van der Waals surface area contributed by atoms with Crippen molar-refractivity contribution >= 4 is 22.9 Å². The van der Waals surface area contributed by atoms with Gasteiger partial charge in [-0.15, -0.1) is 0 Å². The fraction of sp³-hybridized carbons (Fsp3) is 0.357. The van der Waals surface area contributed by atoms with E-state index in [-0.39, 0.29) is 11.5 Å². The molecule has 0 saturated carbocycles. The van der Waals surface area contributed by atoms with Gasteiger partial charge in [0.05, 0.1) is 16.6 Å². The van der Waals surface area contributed by atoms with E-state index in [0.717, 1.165) is 6.42 Å². The van der Waals surface area contributed by atoms with Gasteiger partial charge in [-0.1, -0.05) is 6.92 Å². The van der Waals surface area contributed by atoms with Gasteiger partial charge in [0.15, 0.2) is 0 Å². The van der Waals surface area contributed by atoms with Crippen molar-refractivity contribution < 1.29 is 14.7 Å². The van der Waals surface area contributed by atoms with Crippen LogP contribution in [0.4, 0.5) is 0 Å². The highest BCUT2D eigenvalue weighted by Gasteiger charge is 2.20. The summed E-state index contributed by atoms with van der Waals surface area (Å²) in [5.74, 6) is -1.32. The minimum Gasteiger partial charge on any atom is -0.478 e. The molecule has 0 aliphatic heterocycles. The first-order valence-electron chi connectivity index (χ1n) is 6.71. The Labute approximate surface area is 120 Å². The van der Waals surface area contributed by atoms with E-state index in [9.17, 15) is 14.4 Å². The van der Waals surface area contributed by atoms with E-state index in [1.54, 1.807) is 6.92 Å². The number of nitrogens with one attached hydrogen (secondary N) is 2. The van der Waals surface area contributed by atoms with E-state index < -0.39 is 17.7 Å². The zero-order valence-electron chi connectivity index (χ0n) is 11.8. The summed E-state index contributed by atoms with van der Waals surface area (Å²) in [4.78, 5) is 37.5. The van der Waals surface area contributed by atoms with E-state index in [2.05, 4.69) is 10.3 Å². The SMILES string of the molecule is CCCNC(=O)C(C)n1c(=O)[nH]c2cc(C(=O)O)ccc21. The summed E-state index contributed by atoms with van der Waals surface area (Å²) in [6.07, 6.45) is 0.809. The minimum atomic E-state index is -1.07. The summed E-state index contributed by atoms with van der Waals surface area (Å²) in [5, 5.41) is 11.7. The molecule has 1 heterocycles. The molecule has 1 aromatic heterocycles. The molecule has 3 N–H and O–H groups in total. The van der Waals surface area contributed by atoms with Crippen molar-refractivity contribution in [2.75, 3.05) is 6.54 Å². The summed E-state index contributed by atoms with van der Waals surface area (Å²) < 4.78 is 1.33. The predicted molar refractivity (Wildman–Crippen MR) is 77.5 cm³/mol. The number of carboxylic acids is 1. The first-order valence-corrected chi connectivity index (χ1v) is 6.71. The molecule has 0 aliphatic carbocycles. The number of rotatable bonds is 5. The van der Waals surface area contributed by atoms with Crippen LogP contribution >= 0.6 is 0 Å². The zero-order chi connectivity index (χ0) is 15.6. The van der Waals surface area contributed by atoms with Gasteiger partial charge in [-0.05, 0) is 31.5 Å². The lowest BCUT2D eigenvalue weighted by atomic mass is 10.2. The normalized spacial score (nSPS) is 12.3. The Morgan fingerprint density at radius 2 is 2.14 bits per heavy atom. The van der Waals surface area contributed by atoms with Crippen LogP contribution in [0.2, 0.25) is 0 Å². The maximum atomic E-state index is 12.0. The van der Waals surface area contributed by atoms with Crippen LogP contribution in [-0.2, 0) is 4.79 Å². The number of H-pyrrole nitrogens is 1. The molecule has 2 rings (SSSR count). The Hall–Kier alpha value is -2.57. The van der Waals surface area contributed by atoms with E-state index in [0.29, 0.717) is 17.6 Å². The molecule has 0 spiro atoms. The average molecular weight is 291 g/mol. The number of amides is 1. The maximum Gasteiger partial charge on any atom is 0.335 e. The van der Waals surface area contributed by atoms with Gasteiger partial charge in [-0.3, -0.25) is 9.36 Å². The molecule has 7 heteroatoms. The van der Waals surface area contributed by atoms with Crippen LogP contribution in [0, 0.1) is 0 Å². The van der Waals surface area contributed by atoms with Crippen LogP contribution in [0.5, 0.6) is 0 Å². The quantitative estimate of drug-likeness (QED) is 0.767. The van der Waals surface area contributed by atoms with Gasteiger partial charge in [0.1, 0.15) is 6.04 Å². The Morgan fingerprint density at radius 3 is 2.76 bits per heavy atom. The molecule has 2 aromatic rings. The number of carbonyl (C=O) groups excluding carboxylic acids is 1. The average Bonchev–Trinajstić information content (AvgIpc) is 2.78. The van der Waals surface area contributed by atoms with E-state index >= 15 is 0 Å². The van der Waals surface area contributed by atoms with Crippen molar-refractivity contribution in [3.63, 3.8) is 0 Å². The number of benzene rings is 1. The second kappa shape index (κ2) is 5.82. The summed E-state index contributed by atoms with van der Waals surface area (Å²) in [6.45, 7) is 4.12. The molecule has 0 fully saturated rings. The third-order valence-electron chi connectivity index (χ3n) is 3.28. The van der Waals surface area contributed by atoms with Gasteiger partial charge in [0.2, 0.25) is 5.91 Å². The lowest BCUT2D eigenvalue weighted by molar-refractivity contribution is -0.123. The van der Waals surface area contributed by atoms with Crippen LogP contribution in [0.15, 0.2) is 23.0 Å². The van der Waals surface area contributed by atoms with Crippen molar-refractivity contribution in [3.8, 4) is 0 Å². The second-order valence-corrected chi connectivity index (χ2v) is 4.80. The number of nitrogens with zero attached hydrogens (tertiary/aromatic N) is 1. The Kier molecular flexibility index (Phi) is 4.11. The van der Waals surface area contributed by atoms with Crippen molar-refractivity contribution in [1.29, 1.82) is 0 Å². The third-order valence-corrected chi connectivity index (χ3v) is 3.28. The Bertz CT molecular complexity index is 744. The minimum absolute atomic E-state index is 0.0824. The van der Waals surface area contributed by atoms with Crippen LogP contribution in [0.3, 0.4) is 0 Å². The molecule has 112 valence electrons. The first kappa shape index (κ1) is 14.8. The van der Waals surface area contributed by atoms with E-state index in [1.807, 2.05) is 6.92 Å². The summed E-state index contributed by atoms with van der Waals surface area (Å²) in [7, 11) is 0. The van der Waals surface area contributed by atoms with Gasteiger partial charge in [-0.25, -0.2) is 9.59 Å². The molecule has 0 saturated heterocycles. The summed E-state index contributed by atoms with van der Waals surface area (Å²) in [5.41, 5.74) is 0.546. The highest BCUT2D eigenvalue weighted by atomic mass is 16.4. The van der Waals surface area contributed by atoms with Gasteiger partial charge in [0.25, 0.3) is 0 Å².